The molecule has 8 heteroatoms. The molecule has 2 aromatic heterocycles. The predicted octanol–water partition coefficient (Wildman–Crippen LogP) is 4.08. The Morgan fingerprint density at radius 2 is 2.23 bits per heavy atom. The molecule has 164 valence electrons. The van der Waals surface area contributed by atoms with Gasteiger partial charge >= 0.3 is 0 Å². The van der Waals surface area contributed by atoms with Crippen LogP contribution in [0.2, 0.25) is 0 Å². The monoisotopic (exact) mass is 439 g/mol. The number of aromatic nitrogens is 2. The molecule has 0 radical (unpaired) electrons. The average Bonchev–Trinajstić information content (AvgIpc) is 3.23. The summed E-state index contributed by atoms with van der Waals surface area (Å²) in [5, 5.41) is 4.13. The average molecular weight is 440 g/mol. The number of ether oxygens (including phenoxy) is 1. The van der Waals surface area contributed by atoms with Gasteiger partial charge in [-0.25, -0.2) is 0 Å². The SMILES string of the molecule is CCC(=O)NCCC1CCCN(c2snc3cc(-c4ccc(N)c(OC)c4)cnc23)C1. The molecule has 1 atom stereocenters. The molecule has 0 aliphatic carbocycles. The third-order valence-corrected chi connectivity index (χ3v) is 6.78. The van der Waals surface area contributed by atoms with Gasteiger partial charge in [0, 0.05) is 37.8 Å². The van der Waals surface area contributed by atoms with Gasteiger partial charge in [-0.2, -0.15) is 4.37 Å². The summed E-state index contributed by atoms with van der Waals surface area (Å²) >= 11 is 1.52. The molecule has 4 rings (SSSR count). The van der Waals surface area contributed by atoms with Crippen molar-refractivity contribution in [3.8, 4) is 16.9 Å². The summed E-state index contributed by atoms with van der Waals surface area (Å²) in [7, 11) is 1.62. The standard InChI is InChI=1S/C23H29N5O2S/c1-3-21(29)25-9-8-15-5-4-10-28(14-15)23-22-19(27-31-23)11-17(13-26-22)16-6-7-18(24)20(12-16)30-2/h6-7,11-13,15H,3-5,8-10,14,24H2,1-2H3,(H,25,29). The highest BCUT2D eigenvalue weighted by Crippen LogP contribution is 2.36. The van der Waals surface area contributed by atoms with Crippen molar-refractivity contribution in [3.63, 3.8) is 0 Å². The van der Waals surface area contributed by atoms with Gasteiger partial charge in [0.25, 0.3) is 0 Å². The molecule has 0 spiro atoms. The molecule has 3 N–H and O–H groups in total. The number of nitrogen functional groups attached to an aromatic ring is 1. The number of piperidine rings is 1. The first-order valence-corrected chi connectivity index (χ1v) is 11.6. The van der Waals surface area contributed by atoms with Crippen LogP contribution in [-0.4, -0.2) is 42.0 Å². The fraction of sp³-hybridized carbons (Fsp3) is 0.435. The Bertz CT molecular complexity index is 1070. The molecule has 7 nitrogen and oxygen atoms in total. The van der Waals surface area contributed by atoms with E-state index < -0.39 is 0 Å². The maximum Gasteiger partial charge on any atom is 0.219 e. The molecule has 3 heterocycles. The maximum absolute atomic E-state index is 11.5. The smallest absolute Gasteiger partial charge is 0.219 e. The van der Waals surface area contributed by atoms with Crippen LogP contribution in [0.25, 0.3) is 22.2 Å². The lowest BCUT2D eigenvalue weighted by molar-refractivity contribution is -0.120. The Labute approximate surface area is 186 Å². The van der Waals surface area contributed by atoms with Crippen LogP contribution in [0.15, 0.2) is 30.5 Å². The Morgan fingerprint density at radius 1 is 1.35 bits per heavy atom. The molecule has 1 saturated heterocycles. The lowest BCUT2D eigenvalue weighted by Gasteiger charge is -2.33. The number of anilines is 2. The zero-order valence-electron chi connectivity index (χ0n) is 18.1. The summed E-state index contributed by atoms with van der Waals surface area (Å²) in [4.78, 5) is 18.7. The van der Waals surface area contributed by atoms with Gasteiger partial charge in [-0.15, -0.1) is 0 Å². The zero-order valence-corrected chi connectivity index (χ0v) is 18.9. The van der Waals surface area contributed by atoms with E-state index >= 15 is 0 Å². The number of nitrogens with one attached hydrogen (secondary N) is 1. The fourth-order valence-electron chi connectivity index (χ4n) is 4.11. The van der Waals surface area contributed by atoms with Crippen molar-refractivity contribution in [2.75, 3.05) is 37.4 Å². The number of carbonyl (C=O) groups excluding carboxylic acids is 1. The van der Waals surface area contributed by atoms with Gasteiger partial charge in [0.2, 0.25) is 5.91 Å². The molecule has 3 aromatic rings. The summed E-state index contributed by atoms with van der Waals surface area (Å²) < 4.78 is 10.0. The lowest BCUT2D eigenvalue weighted by Crippen LogP contribution is -2.36. The molecular weight excluding hydrogens is 410 g/mol. The molecule has 1 aliphatic rings. The Balaban J connectivity index is 1.49. The van der Waals surface area contributed by atoms with E-state index in [1.165, 1.54) is 18.0 Å². The lowest BCUT2D eigenvalue weighted by atomic mass is 9.95. The molecule has 0 bridgehead atoms. The topological polar surface area (TPSA) is 93.4 Å². The van der Waals surface area contributed by atoms with Gasteiger partial charge in [0.05, 0.1) is 12.8 Å². The van der Waals surface area contributed by atoms with Gasteiger partial charge in [-0.05, 0) is 60.5 Å². The van der Waals surface area contributed by atoms with Crippen molar-refractivity contribution in [1.29, 1.82) is 0 Å². The number of benzene rings is 1. The van der Waals surface area contributed by atoms with E-state index in [1.807, 2.05) is 31.3 Å². The van der Waals surface area contributed by atoms with Crippen molar-refractivity contribution < 1.29 is 9.53 Å². The second kappa shape index (κ2) is 9.51. The van der Waals surface area contributed by atoms with Crippen LogP contribution in [-0.2, 0) is 4.79 Å². The third-order valence-electron chi connectivity index (χ3n) is 5.87. The van der Waals surface area contributed by atoms with Crippen LogP contribution in [0, 0.1) is 5.92 Å². The summed E-state index contributed by atoms with van der Waals surface area (Å²) in [6.45, 7) is 4.64. The highest BCUT2D eigenvalue weighted by molar-refractivity contribution is 7.11. The number of rotatable bonds is 7. The van der Waals surface area contributed by atoms with E-state index in [1.54, 1.807) is 7.11 Å². The normalized spacial score (nSPS) is 16.5. The number of nitrogens with zero attached hydrogens (tertiary/aromatic N) is 3. The van der Waals surface area contributed by atoms with Crippen LogP contribution in [0.3, 0.4) is 0 Å². The minimum atomic E-state index is 0.125. The Hall–Kier alpha value is -2.87. The predicted molar refractivity (Wildman–Crippen MR) is 127 cm³/mol. The highest BCUT2D eigenvalue weighted by Gasteiger charge is 2.23. The molecular formula is C23H29N5O2S. The minimum Gasteiger partial charge on any atom is -0.495 e. The third kappa shape index (κ3) is 4.74. The number of pyridine rings is 1. The fourth-order valence-corrected chi connectivity index (χ4v) is 4.95. The van der Waals surface area contributed by atoms with Gasteiger partial charge in [0.15, 0.2) is 0 Å². The molecule has 1 aromatic carbocycles. The van der Waals surface area contributed by atoms with Gasteiger partial charge in [0.1, 0.15) is 21.8 Å². The summed E-state index contributed by atoms with van der Waals surface area (Å²) in [5.41, 5.74) is 10.4. The summed E-state index contributed by atoms with van der Waals surface area (Å²) in [6, 6.07) is 7.83. The van der Waals surface area contributed by atoms with Gasteiger partial charge in [-0.1, -0.05) is 13.0 Å². The van der Waals surface area contributed by atoms with Crippen LogP contribution in [0.5, 0.6) is 5.75 Å². The van der Waals surface area contributed by atoms with Crippen molar-refractivity contribution in [2.45, 2.75) is 32.6 Å². The van der Waals surface area contributed by atoms with E-state index in [0.29, 0.717) is 23.8 Å². The quantitative estimate of drug-likeness (QED) is 0.539. The first-order chi connectivity index (χ1) is 15.1. The van der Waals surface area contributed by atoms with Crippen LogP contribution >= 0.6 is 11.5 Å². The first-order valence-electron chi connectivity index (χ1n) is 10.8. The molecule has 0 saturated carbocycles. The number of nitrogens with two attached hydrogens (primary N) is 1. The van der Waals surface area contributed by atoms with E-state index in [0.717, 1.165) is 59.6 Å². The summed E-state index contributed by atoms with van der Waals surface area (Å²) in [6.07, 6.45) is 5.80. The largest absolute Gasteiger partial charge is 0.495 e. The van der Waals surface area contributed by atoms with E-state index in [2.05, 4.69) is 20.7 Å². The summed E-state index contributed by atoms with van der Waals surface area (Å²) in [5.74, 6) is 1.36. The van der Waals surface area contributed by atoms with Gasteiger partial charge in [-0.3, -0.25) is 9.78 Å². The van der Waals surface area contributed by atoms with Crippen LogP contribution in [0.4, 0.5) is 10.7 Å². The second-order valence-electron chi connectivity index (χ2n) is 7.98. The zero-order chi connectivity index (χ0) is 21.8. The Morgan fingerprint density at radius 3 is 3.03 bits per heavy atom. The number of hydrogen-bond donors (Lipinski definition) is 2. The molecule has 1 unspecified atom stereocenters. The molecule has 1 aliphatic heterocycles. The van der Waals surface area contributed by atoms with E-state index in [4.69, 9.17) is 15.5 Å². The first kappa shape index (κ1) is 21.4. The number of amides is 1. The molecule has 1 amide bonds. The maximum atomic E-state index is 11.5. The number of carbonyl (C=O) groups is 1. The van der Waals surface area contributed by atoms with Crippen molar-refractivity contribution in [2.24, 2.45) is 5.92 Å². The van der Waals surface area contributed by atoms with E-state index in [9.17, 15) is 4.79 Å². The Kier molecular flexibility index (Phi) is 6.56. The minimum absolute atomic E-state index is 0.125. The van der Waals surface area contributed by atoms with Crippen molar-refractivity contribution >= 4 is 39.2 Å². The highest BCUT2D eigenvalue weighted by atomic mass is 32.1. The molecule has 31 heavy (non-hydrogen) atoms. The van der Waals surface area contributed by atoms with Crippen molar-refractivity contribution in [3.05, 3.63) is 30.5 Å². The van der Waals surface area contributed by atoms with Crippen molar-refractivity contribution in [1.82, 2.24) is 14.7 Å². The van der Waals surface area contributed by atoms with E-state index in [-0.39, 0.29) is 5.91 Å². The number of fused-ring (bicyclic) bond motifs is 1. The molecule has 1 fully saturated rings. The van der Waals surface area contributed by atoms with Crippen LogP contribution in [0.1, 0.15) is 32.6 Å². The number of hydrogen-bond acceptors (Lipinski definition) is 7. The van der Waals surface area contributed by atoms with Crippen LogP contribution < -0.4 is 20.7 Å². The second-order valence-corrected chi connectivity index (χ2v) is 8.73. The van der Waals surface area contributed by atoms with Gasteiger partial charge < -0.3 is 20.7 Å². The number of methoxy groups -OCH3 is 1.